The Morgan fingerprint density at radius 2 is 2.23 bits per heavy atom. The van der Waals surface area contributed by atoms with E-state index in [9.17, 15) is 4.79 Å². The lowest BCUT2D eigenvalue weighted by atomic mass is 10.0. The summed E-state index contributed by atoms with van der Waals surface area (Å²) in [6.07, 6.45) is 8.49. The summed E-state index contributed by atoms with van der Waals surface area (Å²) in [5.41, 5.74) is 2.04. The molecule has 1 aliphatic carbocycles. The van der Waals surface area contributed by atoms with Crippen molar-refractivity contribution in [2.75, 3.05) is 11.9 Å². The molecule has 6 heteroatoms. The average molecular weight is 295 g/mol. The molecule has 0 radical (unpaired) electrons. The van der Waals surface area contributed by atoms with Crippen LogP contribution in [-0.2, 0) is 4.79 Å². The third-order valence-corrected chi connectivity index (χ3v) is 4.48. The number of aromatic nitrogens is 3. The van der Waals surface area contributed by atoms with Crippen LogP contribution in [0.1, 0.15) is 19.3 Å². The summed E-state index contributed by atoms with van der Waals surface area (Å²) in [4.78, 5) is 24.9. The molecule has 4 rings (SSSR count). The largest absolute Gasteiger partial charge is 0.305 e. The monoisotopic (exact) mass is 295 g/mol. The van der Waals surface area contributed by atoms with Crippen LogP contribution in [0.3, 0.4) is 0 Å². The van der Waals surface area contributed by atoms with E-state index in [1.54, 1.807) is 24.7 Å². The van der Waals surface area contributed by atoms with E-state index in [2.05, 4.69) is 25.6 Å². The van der Waals surface area contributed by atoms with Gasteiger partial charge in [-0.25, -0.2) is 9.97 Å². The zero-order valence-electron chi connectivity index (χ0n) is 12.1. The maximum atomic E-state index is 12.3. The van der Waals surface area contributed by atoms with E-state index in [1.807, 2.05) is 12.1 Å². The summed E-state index contributed by atoms with van der Waals surface area (Å²) in [5.74, 6) is 0.289. The number of pyridine rings is 1. The molecule has 2 aliphatic rings. The van der Waals surface area contributed by atoms with E-state index in [0.717, 1.165) is 24.2 Å². The maximum absolute atomic E-state index is 12.3. The Bertz CT molecular complexity index is 699. The van der Waals surface area contributed by atoms with Crippen LogP contribution in [0.25, 0.3) is 11.3 Å². The number of nitrogens with one attached hydrogen (secondary N) is 2. The van der Waals surface area contributed by atoms with Crippen LogP contribution in [-0.4, -0.2) is 33.4 Å². The number of hydrogen-bond donors (Lipinski definition) is 2. The SMILES string of the molecule is O=C(Nc1nccc(-c2cccnc2)n1)C1CC2(CC2)CN1. The van der Waals surface area contributed by atoms with E-state index in [0.29, 0.717) is 11.4 Å². The van der Waals surface area contributed by atoms with Crippen LogP contribution in [0, 0.1) is 5.41 Å². The van der Waals surface area contributed by atoms with E-state index in [-0.39, 0.29) is 11.9 Å². The summed E-state index contributed by atoms with van der Waals surface area (Å²) >= 11 is 0. The minimum atomic E-state index is -0.131. The van der Waals surface area contributed by atoms with Crippen molar-refractivity contribution in [3.8, 4) is 11.3 Å². The predicted octanol–water partition coefficient (Wildman–Crippen LogP) is 1.62. The van der Waals surface area contributed by atoms with Crippen molar-refractivity contribution in [3.05, 3.63) is 36.8 Å². The third kappa shape index (κ3) is 2.57. The molecule has 1 atom stereocenters. The molecular formula is C16H17N5O. The van der Waals surface area contributed by atoms with Crippen molar-refractivity contribution < 1.29 is 4.79 Å². The molecule has 6 nitrogen and oxygen atoms in total. The summed E-state index contributed by atoms with van der Waals surface area (Å²) in [7, 11) is 0. The Morgan fingerprint density at radius 1 is 1.32 bits per heavy atom. The minimum absolute atomic E-state index is 0.0490. The normalized spacial score (nSPS) is 21.7. The predicted molar refractivity (Wildman–Crippen MR) is 82.0 cm³/mol. The maximum Gasteiger partial charge on any atom is 0.243 e. The van der Waals surface area contributed by atoms with Gasteiger partial charge in [0.15, 0.2) is 0 Å². The van der Waals surface area contributed by atoms with Gasteiger partial charge in [-0.15, -0.1) is 0 Å². The molecule has 2 aromatic rings. The second-order valence-corrected chi connectivity index (χ2v) is 6.13. The quantitative estimate of drug-likeness (QED) is 0.899. The van der Waals surface area contributed by atoms with Gasteiger partial charge in [-0.1, -0.05) is 0 Å². The number of carbonyl (C=O) groups is 1. The fourth-order valence-electron chi connectivity index (χ4n) is 2.95. The van der Waals surface area contributed by atoms with Gasteiger partial charge >= 0.3 is 0 Å². The Labute approximate surface area is 128 Å². The lowest BCUT2D eigenvalue weighted by Crippen LogP contribution is -2.36. The van der Waals surface area contributed by atoms with Gasteiger partial charge in [-0.3, -0.25) is 15.1 Å². The molecule has 2 aromatic heterocycles. The highest BCUT2D eigenvalue weighted by molar-refractivity contribution is 5.93. The molecule has 2 fully saturated rings. The van der Waals surface area contributed by atoms with Crippen molar-refractivity contribution in [3.63, 3.8) is 0 Å². The van der Waals surface area contributed by atoms with E-state index in [1.165, 1.54) is 12.8 Å². The molecule has 1 aliphatic heterocycles. The average Bonchev–Trinajstić information content (AvgIpc) is 3.17. The van der Waals surface area contributed by atoms with Gasteiger partial charge in [0.2, 0.25) is 11.9 Å². The molecule has 0 aromatic carbocycles. The first-order valence-electron chi connectivity index (χ1n) is 7.52. The fourth-order valence-corrected chi connectivity index (χ4v) is 2.95. The van der Waals surface area contributed by atoms with E-state index in [4.69, 9.17) is 0 Å². The molecular weight excluding hydrogens is 278 g/mol. The molecule has 1 saturated carbocycles. The number of anilines is 1. The Morgan fingerprint density at radius 3 is 2.95 bits per heavy atom. The van der Waals surface area contributed by atoms with Gasteiger partial charge in [0.1, 0.15) is 0 Å². The Kier molecular flexibility index (Phi) is 3.11. The summed E-state index contributed by atoms with van der Waals surface area (Å²) in [5, 5.41) is 6.11. The van der Waals surface area contributed by atoms with Crippen LogP contribution in [0.5, 0.6) is 0 Å². The van der Waals surface area contributed by atoms with Crippen molar-refractivity contribution >= 4 is 11.9 Å². The third-order valence-electron chi connectivity index (χ3n) is 4.48. The minimum Gasteiger partial charge on any atom is -0.305 e. The summed E-state index contributed by atoms with van der Waals surface area (Å²) < 4.78 is 0. The van der Waals surface area contributed by atoms with Crippen molar-refractivity contribution in [1.82, 2.24) is 20.3 Å². The zero-order chi connectivity index (χ0) is 15.0. The number of rotatable bonds is 3. The smallest absolute Gasteiger partial charge is 0.243 e. The molecule has 112 valence electrons. The standard InChI is InChI=1S/C16H17N5O/c22-14(13-8-16(4-5-16)10-19-13)21-15-18-7-3-12(20-15)11-2-1-6-17-9-11/h1-3,6-7,9,13,19H,4-5,8,10H2,(H,18,20,21,22). The second-order valence-electron chi connectivity index (χ2n) is 6.13. The molecule has 1 spiro atoms. The summed E-state index contributed by atoms with van der Waals surface area (Å²) in [6, 6.07) is 5.46. The van der Waals surface area contributed by atoms with Crippen molar-refractivity contribution in [2.45, 2.75) is 25.3 Å². The van der Waals surface area contributed by atoms with Crippen LogP contribution >= 0.6 is 0 Å². The second kappa shape index (κ2) is 5.14. The number of amides is 1. The van der Waals surface area contributed by atoms with Crippen LogP contribution in [0.15, 0.2) is 36.8 Å². The van der Waals surface area contributed by atoms with Gasteiger partial charge < -0.3 is 5.32 Å². The lowest BCUT2D eigenvalue weighted by molar-refractivity contribution is -0.117. The topological polar surface area (TPSA) is 79.8 Å². The van der Waals surface area contributed by atoms with Gasteiger partial charge in [-0.05, 0) is 42.9 Å². The van der Waals surface area contributed by atoms with Gasteiger partial charge in [0, 0.05) is 30.7 Å². The fraction of sp³-hybridized carbons (Fsp3) is 0.375. The van der Waals surface area contributed by atoms with Crippen LogP contribution in [0.4, 0.5) is 5.95 Å². The van der Waals surface area contributed by atoms with Crippen LogP contribution in [0.2, 0.25) is 0 Å². The first kappa shape index (κ1) is 13.3. The highest BCUT2D eigenvalue weighted by Gasteiger charge is 2.49. The lowest BCUT2D eigenvalue weighted by Gasteiger charge is -2.10. The highest BCUT2D eigenvalue weighted by Crippen LogP contribution is 2.51. The Hall–Kier alpha value is -2.34. The molecule has 1 unspecified atom stereocenters. The van der Waals surface area contributed by atoms with Crippen LogP contribution < -0.4 is 10.6 Å². The summed E-state index contributed by atoms with van der Waals surface area (Å²) in [6.45, 7) is 0.946. The van der Waals surface area contributed by atoms with Gasteiger partial charge in [0.25, 0.3) is 0 Å². The molecule has 22 heavy (non-hydrogen) atoms. The first-order chi connectivity index (χ1) is 10.7. The zero-order valence-corrected chi connectivity index (χ0v) is 12.1. The van der Waals surface area contributed by atoms with E-state index >= 15 is 0 Å². The molecule has 2 N–H and O–H groups in total. The van der Waals surface area contributed by atoms with Gasteiger partial charge in [0.05, 0.1) is 11.7 Å². The van der Waals surface area contributed by atoms with E-state index < -0.39 is 0 Å². The molecule has 1 amide bonds. The highest BCUT2D eigenvalue weighted by atomic mass is 16.2. The molecule has 3 heterocycles. The Balaban J connectivity index is 1.48. The number of hydrogen-bond acceptors (Lipinski definition) is 5. The number of carbonyl (C=O) groups excluding carboxylic acids is 1. The molecule has 1 saturated heterocycles. The van der Waals surface area contributed by atoms with Crippen molar-refractivity contribution in [2.24, 2.45) is 5.41 Å². The first-order valence-corrected chi connectivity index (χ1v) is 7.52. The van der Waals surface area contributed by atoms with Crippen molar-refractivity contribution in [1.29, 1.82) is 0 Å². The molecule has 0 bridgehead atoms. The number of nitrogens with zero attached hydrogens (tertiary/aromatic N) is 3. The van der Waals surface area contributed by atoms with Gasteiger partial charge in [-0.2, -0.15) is 0 Å².